The molecule has 0 radical (unpaired) electrons. The molecular weight excluding hydrogens is 262 g/mol. The maximum absolute atomic E-state index is 6.19. The third-order valence-corrected chi connectivity index (χ3v) is 6.14. The topological polar surface area (TPSA) is 64.9 Å². The summed E-state index contributed by atoms with van der Waals surface area (Å²) in [6.45, 7) is 2.18. The molecule has 4 aliphatic carbocycles. The van der Waals surface area contributed by atoms with Gasteiger partial charge in [0.2, 0.25) is 5.89 Å². The molecule has 21 heavy (non-hydrogen) atoms. The zero-order valence-electron chi connectivity index (χ0n) is 13.1. The first-order valence-electron chi connectivity index (χ1n) is 8.78. The van der Waals surface area contributed by atoms with E-state index >= 15 is 0 Å². The van der Waals surface area contributed by atoms with Gasteiger partial charge < -0.3 is 10.3 Å². The smallest absolute Gasteiger partial charge is 0.243 e. The zero-order valence-corrected chi connectivity index (χ0v) is 13.1. The summed E-state index contributed by atoms with van der Waals surface area (Å²) in [7, 11) is 0. The molecule has 4 aliphatic rings. The SMILES string of the molecule is CCCCC(N)c1nc(C23CC4CC(CC(C4)C2)C3)no1. The van der Waals surface area contributed by atoms with E-state index in [1.165, 1.54) is 38.5 Å². The summed E-state index contributed by atoms with van der Waals surface area (Å²) in [6, 6.07) is -0.0832. The molecule has 4 bridgehead atoms. The van der Waals surface area contributed by atoms with Gasteiger partial charge >= 0.3 is 0 Å². The van der Waals surface area contributed by atoms with Crippen LogP contribution in [0, 0.1) is 17.8 Å². The Bertz CT molecular complexity index is 475. The first-order valence-corrected chi connectivity index (χ1v) is 8.78. The van der Waals surface area contributed by atoms with Crippen molar-refractivity contribution < 1.29 is 4.52 Å². The highest BCUT2D eigenvalue weighted by Gasteiger charge is 2.53. The molecule has 4 fully saturated rings. The quantitative estimate of drug-likeness (QED) is 0.897. The van der Waals surface area contributed by atoms with Crippen molar-refractivity contribution in [2.45, 2.75) is 76.2 Å². The summed E-state index contributed by atoms with van der Waals surface area (Å²) in [5.74, 6) is 4.36. The minimum Gasteiger partial charge on any atom is -0.338 e. The van der Waals surface area contributed by atoms with Crippen molar-refractivity contribution in [1.29, 1.82) is 0 Å². The Hall–Kier alpha value is -0.900. The van der Waals surface area contributed by atoms with Gasteiger partial charge in [-0.05, 0) is 62.7 Å². The number of rotatable bonds is 5. The van der Waals surface area contributed by atoms with Crippen LogP contribution in [0.2, 0.25) is 0 Å². The second kappa shape index (κ2) is 5.08. The molecule has 5 rings (SSSR count). The lowest BCUT2D eigenvalue weighted by atomic mass is 9.49. The van der Waals surface area contributed by atoms with E-state index in [9.17, 15) is 0 Å². The van der Waals surface area contributed by atoms with Crippen LogP contribution in [0.5, 0.6) is 0 Å². The fourth-order valence-corrected chi connectivity index (χ4v) is 5.53. The fourth-order valence-electron chi connectivity index (χ4n) is 5.53. The van der Waals surface area contributed by atoms with Crippen LogP contribution in [0.25, 0.3) is 0 Å². The third-order valence-electron chi connectivity index (χ3n) is 6.14. The molecule has 1 aromatic rings. The van der Waals surface area contributed by atoms with E-state index in [2.05, 4.69) is 12.1 Å². The van der Waals surface area contributed by atoms with E-state index in [1.54, 1.807) is 0 Å². The van der Waals surface area contributed by atoms with Gasteiger partial charge in [-0.1, -0.05) is 24.9 Å². The molecular formula is C17H27N3O. The summed E-state index contributed by atoms with van der Waals surface area (Å²) in [6.07, 6.45) is 11.4. The van der Waals surface area contributed by atoms with Crippen LogP contribution in [0.15, 0.2) is 4.52 Å². The van der Waals surface area contributed by atoms with Crippen molar-refractivity contribution in [3.8, 4) is 0 Å². The Kier molecular flexibility index (Phi) is 3.32. The maximum atomic E-state index is 6.19. The summed E-state index contributed by atoms with van der Waals surface area (Å²) < 4.78 is 5.53. The Labute approximate surface area is 126 Å². The Morgan fingerprint density at radius 1 is 1.19 bits per heavy atom. The van der Waals surface area contributed by atoms with Crippen molar-refractivity contribution in [2.75, 3.05) is 0 Å². The average molecular weight is 289 g/mol. The average Bonchev–Trinajstić information content (AvgIpc) is 2.94. The summed E-state index contributed by atoms with van der Waals surface area (Å²) >= 11 is 0. The largest absolute Gasteiger partial charge is 0.338 e. The summed E-state index contributed by atoms with van der Waals surface area (Å²) in [5, 5.41) is 4.37. The zero-order chi connectivity index (χ0) is 14.4. The van der Waals surface area contributed by atoms with Crippen LogP contribution in [0.3, 0.4) is 0 Å². The molecule has 4 saturated carbocycles. The van der Waals surface area contributed by atoms with E-state index in [4.69, 9.17) is 15.2 Å². The molecule has 0 saturated heterocycles. The molecule has 4 nitrogen and oxygen atoms in total. The van der Waals surface area contributed by atoms with Gasteiger partial charge in [0, 0.05) is 5.41 Å². The summed E-state index contributed by atoms with van der Waals surface area (Å²) in [4.78, 5) is 4.75. The van der Waals surface area contributed by atoms with E-state index < -0.39 is 0 Å². The lowest BCUT2D eigenvalue weighted by Gasteiger charge is -2.55. The minimum atomic E-state index is -0.0832. The number of hydrogen-bond acceptors (Lipinski definition) is 4. The molecule has 1 aromatic heterocycles. The molecule has 1 unspecified atom stereocenters. The Morgan fingerprint density at radius 3 is 2.38 bits per heavy atom. The minimum absolute atomic E-state index is 0.0832. The van der Waals surface area contributed by atoms with Crippen molar-refractivity contribution in [3.05, 3.63) is 11.7 Å². The van der Waals surface area contributed by atoms with Crippen LogP contribution in [-0.2, 0) is 5.41 Å². The molecule has 0 amide bonds. The molecule has 0 spiro atoms. The van der Waals surface area contributed by atoms with Gasteiger partial charge in [-0.25, -0.2) is 0 Å². The van der Waals surface area contributed by atoms with E-state index in [1.807, 2.05) is 0 Å². The fraction of sp³-hybridized carbons (Fsp3) is 0.882. The molecule has 2 N–H and O–H groups in total. The standard InChI is InChI=1S/C17H27N3O/c1-2-3-4-14(18)15-19-16(20-21-15)17-8-11-5-12(9-17)7-13(6-11)10-17/h11-14H,2-10,18H2,1H3. The van der Waals surface area contributed by atoms with Gasteiger partial charge in [0.15, 0.2) is 5.82 Å². The normalized spacial score (nSPS) is 38.9. The maximum Gasteiger partial charge on any atom is 0.243 e. The number of nitrogens with zero attached hydrogens (tertiary/aromatic N) is 2. The highest BCUT2D eigenvalue weighted by Crippen LogP contribution is 2.60. The molecule has 0 aromatic carbocycles. The summed E-state index contributed by atoms with van der Waals surface area (Å²) in [5.41, 5.74) is 6.41. The number of aromatic nitrogens is 2. The second-order valence-corrected chi connectivity index (χ2v) is 7.90. The predicted molar refractivity (Wildman–Crippen MR) is 80.6 cm³/mol. The van der Waals surface area contributed by atoms with E-state index in [0.717, 1.165) is 42.8 Å². The van der Waals surface area contributed by atoms with Crippen molar-refractivity contribution in [3.63, 3.8) is 0 Å². The molecule has 1 heterocycles. The first-order chi connectivity index (χ1) is 10.2. The number of nitrogens with two attached hydrogens (primary N) is 1. The van der Waals surface area contributed by atoms with Crippen LogP contribution in [0.4, 0.5) is 0 Å². The lowest BCUT2D eigenvalue weighted by molar-refractivity contribution is -0.0103. The van der Waals surface area contributed by atoms with Gasteiger partial charge in [-0.15, -0.1) is 0 Å². The van der Waals surface area contributed by atoms with Gasteiger partial charge in [0.1, 0.15) is 0 Å². The van der Waals surface area contributed by atoms with E-state index in [-0.39, 0.29) is 11.5 Å². The van der Waals surface area contributed by atoms with E-state index in [0.29, 0.717) is 5.89 Å². The van der Waals surface area contributed by atoms with Crippen LogP contribution < -0.4 is 5.73 Å². The Balaban J connectivity index is 1.55. The van der Waals surface area contributed by atoms with Crippen LogP contribution in [0.1, 0.15) is 82.5 Å². The van der Waals surface area contributed by atoms with Crippen LogP contribution in [-0.4, -0.2) is 10.1 Å². The van der Waals surface area contributed by atoms with Gasteiger partial charge in [-0.2, -0.15) is 4.98 Å². The van der Waals surface area contributed by atoms with Gasteiger partial charge in [0.25, 0.3) is 0 Å². The van der Waals surface area contributed by atoms with Gasteiger partial charge in [0.05, 0.1) is 6.04 Å². The first kappa shape index (κ1) is 13.7. The monoisotopic (exact) mass is 289 g/mol. The third kappa shape index (κ3) is 2.32. The predicted octanol–water partition coefficient (Wildman–Crippen LogP) is 3.73. The lowest BCUT2D eigenvalue weighted by Crippen LogP contribution is -2.49. The van der Waals surface area contributed by atoms with Crippen molar-refractivity contribution in [2.24, 2.45) is 23.5 Å². The highest BCUT2D eigenvalue weighted by molar-refractivity contribution is 5.16. The van der Waals surface area contributed by atoms with Crippen molar-refractivity contribution >= 4 is 0 Å². The van der Waals surface area contributed by atoms with Crippen LogP contribution >= 0.6 is 0 Å². The van der Waals surface area contributed by atoms with Gasteiger partial charge in [-0.3, -0.25) is 0 Å². The Morgan fingerprint density at radius 2 is 1.81 bits per heavy atom. The highest BCUT2D eigenvalue weighted by atomic mass is 16.5. The molecule has 0 aliphatic heterocycles. The molecule has 4 heteroatoms. The number of hydrogen-bond donors (Lipinski definition) is 1. The second-order valence-electron chi connectivity index (χ2n) is 7.90. The number of unbranched alkanes of at least 4 members (excludes halogenated alkanes) is 1. The molecule has 1 atom stereocenters. The molecule has 116 valence electrons. The van der Waals surface area contributed by atoms with Crippen molar-refractivity contribution in [1.82, 2.24) is 10.1 Å².